The molecule has 2 N–H and O–H groups in total. The van der Waals surface area contributed by atoms with Crippen LogP contribution in [0.1, 0.15) is 23.7 Å². The van der Waals surface area contributed by atoms with Gasteiger partial charge in [0.15, 0.2) is 17.5 Å². The number of ether oxygens (including phenoxy) is 2. The number of benzene rings is 1. The van der Waals surface area contributed by atoms with Gasteiger partial charge in [-0.3, -0.25) is 0 Å². The molecule has 1 aromatic heterocycles. The van der Waals surface area contributed by atoms with Gasteiger partial charge in [-0.15, -0.1) is 11.3 Å². The molecule has 6 nitrogen and oxygen atoms in total. The van der Waals surface area contributed by atoms with Crippen LogP contribution in [0.2, 0.25) is 0 Å². The van der Waals surface area contributed by atoms with Crippen LogP contribution in [0.4, 0.5) is 0 Å². The lowest BCUT2D eigenvalue weighted by atomic mass is 10.3. The van der Waals surface area contributed by atoms with Crippen molar-refractivity contribution >= 4 is 17.3 Å². The first kappa shape index (κ1) is 19.1. The van der Waals surface area contributed by atoms with Gasteiger partial charge in [0.2, 0.25) is 0 Å². The second kappa shape index (κ2) is 9.88. The first-order valence-electron chi connectivity index (χ1n) is 8.35. The van der Waals surface area contributed by atoms with Gasteiger partial charge in [-0.1, -0.05) is 12.1 Å². The number of nitrogens with zero attached hydrogens (tertiary/aromatic N) is 2. The molecule has 136 valence electrons. The van der Waals surface area contributed by atoms with Crippen LogP contribution in [0.5, 0.6) is 11.5 Å². The lowest BCUT2D eigenvalue weighted by molar-refractivity contribution is 0.213. The van der Waals surface area contributed by atoms with E-state index in [0.717, 1.165) is 29.0 Å². The fourth-order valence-electron chi connectivity index (χ4n) is 2.18. The molecule has 0 aliphatic heterocycles. The number of para-hydroxylation sites is 2. The molecule has 1 unspecified atom stereocenters. The SMILES string of the molecule is CCNC(=NCc1ncc(C)s1)NCC(C)Oc1ccccc1OC. The van der Waals surface area contributed by atoms with Gasteiger partial charge in [0.05, 0.1) is 20.2 Å². The molecule has 2 rings (SSSR count). The molecular formula is C18H26N4O2S. The fraction of sp³-hybridized carbons (Fsp3) is 0.444. The van der Waals surface area contributed by atoms with Crippen LogP contribution in [0.25, 0.3) is 0 Å². The van der Waals surface area contributed by atoms with Crippen molar-refractivity contribution in [1.29, 1.82) is 0 Å². The van der Waals surface area contributed by atoms with E-state index in [0.29, 0.717) is 13.1 Å². The molecular weight excluding hydrogens is 336 g/mol. The van der Waals surface area contributed by atoms with Crippen molar-refractivity contribution < 1.29 is 9.47 Å². The molecule has 1 heterocycles. The summed E-state index contributed by atoms with van der Waals surface area (Å²) in [6, 6.07) is 7.64. The van der Waals surface area contributed by atoms with Gasteiger partial charge < -0.3 is 20.1 Å². The van der Waals surface area contributed by atoms with Crippen LogP contribution < -0.4 is 20.1 Å². The monoisotopic (exact) mass is 362 g/mol. The van der Waals surface area contributed by atoms with E-state index >= 15 is 0 Å². The van der Waals surface area contributed by atoms with Gasteiger partial charge in [-0.25, -0.2) is 9.98 Å². The quantitative estimate of drug-likeness (QED) is 0.558. The van der Waals surface area contributed by atoms with E-state index < -0.39 is 0 Å². The van der Waals surface area contributed by atoms with E-state index in [4.69, 9.17) is 9.47 Å². The third-order valence-corrected chi connectivity index (χ3v) is 4.24. The van der Waals surface area contributed by atoms with Crippen LogP contribution >= 0.6 is 11.3 Å². The first-order valence-corrected chi connectivity index (χ1v) is 9.17. The Kier molecular flexibility index (Phi) is 7.53. The highest BCUT2D eigenvalue weighted by Crippen LogP contribution is 2.26. The standard InChI is InChI=1S/C18H26N4O2S/c1-5-19-18(22-12-17-20-11-14(3)25-17)21-10-13(2)24-16-9-7-6-8-15(16)23-4/h6-9,11,13H,5,10,12H2,1-4H3,(H2,19,21,22). The Morgan fingerprint density at radius 3 is 2.68 bits per heavy atom. The lowest BCUT2D eigenvalue weighted by Gasteiger charge is -2.18. The minimum atomic E-state index is -0.0396. The predicted octanol–water partition coefficient (Wildman–Crippen LogP) is 2.98. The summed E-state index contributed by atoms with van der Waals surface area (Å²) in [4.78, 5) is 10.1. The Hall–Kier alpha value is -2.28. The molecule has 7 heteroatoms. The van der Waals surface area contributed by atoms with E-state index in [-0.39, 0.29) is 6.10 Å². The Morgan fingerprint density at radius 2 is 2.04 bits per heavy atom. The van der Waals surface area contributed by atoms with Crippen LogP contribution in [0.3, 0.4) is 0 Å². The molecule has 0 spiro atoms. The highest BCUT2D eigenvalue weighted by molar-refractivity contribution is 7.11. The van der Waals surface area contributed by atoms with Gasteiger partial charge in [-0.2, -0.15) is 0 Å². The average molecular weight is 362 g/mol. The Labute approximate surface area is 153 Å². The fourth-order valence-corrected chi connectivity index (χ4v) is 2.89. The molecule has 0 amide bonds. The van der Waals surface area contributed by atoms with E-state index in [9.17, 15) is 0 Å². The van der Waals surface area contributed by atoms with Crippen LogP contribution in [0, 0.1) is 6.92 Å². The highest BCUT2D eigenvalue weighted by atomic mass is 32.1. The third-order valence-electron chi connectivity index (χ3n) is 3.34. The van der Waals surface area contributed by atoms with Crippen molar-refractivity contribution in [3.05, 3.63) is 40.3 Å². The van der Waals surface area contributed by atoms with Crippen molar-refractivity contribution in [2.24, 2.45) is 4.99 Å². The molecule has 0 saturated heterocycles. The zero-order chi connectivity index (χ0) is 18.1. The Balaban J connectivity index is 1.88. The number of thiazole rings is 1. The van der Waals surface area contributed by atoms with Crippen molar-refractivity contribution in [2.45, 2.75) is 33.4 Å². The van der Waals surface area contributed by atoms with E-state index in [1.807, 2.05) is 51.2 Å². The second-order valence-corrected chi connectivity index (χ2v) is 6.84. The number of hydrogen-bond acceptors (Lipinski definition) is 5. The Bertz CT molecular complexity index is 687. The maximum atomic E-state index is 5.95. The summed E-state index contributed by atoms with van der Waals surface area (Å²) in [5, 5.41) is 7.55. The summed E-state index contributed by atoms with van der Waals surface area (Å²) in [6.45, 7) is 8.08. The van der Waals surface area contributed by atoms with Gasteiger partial charge in [0, 0.05) is 17.6 Å². The number of nitrogens with one attached hydrogen (secondary N) is 2. The largest absolute Gasteiger partial charge is 0.493 e. The molecule has 0 aliphatic rings. The second-order valence-electron chi connectivity index (χ2n) is 5.52. The summed E-state index contributed by atoms with van der Waals surface area (Å²) in [6.07, 6.45) is 1.83. The van der Waals surface area contributed by atoms with Crippen molar-refractivity contribution in [3.8, 4) is 11.5 Å². The van der Waals surface area contributed by atoms with Crippen molar-refractivity contribution in [2.75, 3.05) is 20.2 Å². The van der Waals surface area contributed by atoms with Gasteiger partial charge in [-0.05, 0) is 32.9 Å². The number of aryl methyl sites for hydroxylation is 1. The van der Waals surface area contributed by atoms with E-state index in [2.05, 4.69) is 20.6 Å². The maximum Gasteiger partial charge on any atom is 0.191 e. The summed E-state index contributed by atoms with van der Waals surface area (Å²) < 4.78 is 11.3. The molecule has 2 aromatic rings. The maximum absolute atomic E-state index is 5.95. The minimum Gasteiger partial charge on any atom is -0.493 e. The molecule has 25 heavy (non-hydrogen) atoms. The first-order chi connectivity index (χ1) is 12.1. The number of hydrogen-bond donors (Lipinski definition) is 2. The normalized spacial score (nSPS) is 12.6. The predicted molar refractivity (Wildman–Crippen MR) is 103 cm³/mol. The summed E-state index contributed by atoms with van der Waals surface area (Å²) in [5.41, 5.74) is 0. The summed E-state index contributed by atoms with van der Waals surface area (Å²) >= 11 is 1.67. The van der Waals surface area contributed by atoms with Crippen LogP contribution in [-0.2, 0) is 6.54 Å². The molecule has 1 atom stereocenters. The van der Waals surface area contributed by atoms with Gasteiger partial charge in [0.25, 0.3) is 0 Å². The molecule has 0 aliphatic carbocycles. The number of aliphatic imine (C=N–C) groups is 1. The van der Waals surface area contributed by atoms with Crippen LogP contribution in [0.15, 0.2) is 35.5 Å². The third kappa shape index (κ3) is 6.26. The minimum absolute atomic E-state index is 0.0396. The molecule has 0 radical (unpaired) electrons. The van der Waals surface area contributed by atoms with Crippen molar-refractivity contribution in [1.82, 2.24) is 15.6 Å². The van der Waals surface area contributed by atoms with Crippen LogP contribution in [-0.4, -0.2) is 37.2 Å². The summed E-state index contributed by atoms with van der Waals surface area (Å²) in [7, 11) is 1.64. The smallest absolute Gasteiger partial charge is 0.191 e. The lowest BCUT2D eigenvalue weighted by Crippen LogP contribution is -2.41. The highest BCUT2D eigenvalue weighted by Gasteiger charge is 2.09. The topological polar surface area (TPSA) is 67.8 Å². The number of guanidine groups is 1. The zero-order valence-electron chi connectivity index (χ0n) is 15.2. The number of methoxy groups -OCH3 is 1. The molecule has 0 saturated carbocycles. The summed E-state index contributed by atoms with van der Waals surface area (Å²) in [5.74, 6) is 2.22. The average Bonchev–Trinajstić information content (AvgIpc) is 3.03. The van der Waals surface area contributed by atoms with Gasteiger partial charge in [0.1, 0.15) is 11.1 Å². The van der Waals surface area contributed by atoms with E-state index in [1.54, 1.807) is 18.4 Å². The zero-order valence-corrected chi connectivity index (χ0v) is 16.0. The molecule has 1 aromatic carbocycles. The number of aromatic nitrogens is 1. The number of rotatable bonds is 8. The van der Waals surface area contributed by atoms with E-state index in [1.165, 1.54) is 4.88 Å². The molecule has 0 fully saturated rings. The van der Waals surface area contributed by atoms with Crippen molar-refractivity contribution in [3.63, 3.8) is 0 Å². The van der Waals surface area contributed by atoms with Gasteiger partial charge >= 0.3 is 0 Å². The molecule has 0 bridgehead atoms. The Morgan fingerprint density at radius 1 is 1.28 bits per heavy atom.